The van der Waals surface area contributed by atoms with Crippen LogP contribution in [0.5, 0.6) is 0 Å². The molecule has 29 nitrogen and oxygen atoms in total. The van der Waals surface area contributed by atoms with Crippen LogP contribution in [0.15, 0.2) is 57.7 Å². The number of rotatable bonds is 27. The van der Waals surface area contributed by atoms with E-state index in [0.717, 1.165) is 208 Å². The third-order valence-corrected chi connectivity index (χ3v) is 25.8. The van der Waals surface area contributed by atoms with E-state index in [0.29, 0.717) is 58.5 Å². The fourth-order valence-corrected chi connectivity index (χ4v) is 19.4. The molecule has 0 bridgehead atoms. The third-order valence-electron chi connectivity index (χ3n) is 25.8. The Hall–Kier alpha value is -9.59. The first-order valence-corrected chi connectivity index (χ1v) is 51.9. The van der Waals surface area contributed by atoms with E-state index in [1.165, 1.54) is 41.1 Å². The lowest BCUT2D eigenvalue weighted by molar-refractivity contribution is -0.158. The summed E-state index contributed by atoms with van der Waals surface area (Å²) < 4.78 is 40.8. The second-order valence-electron chi connectivity index (χ2n) is 44.8. The number of hydrogen-bond acceptors (Lipinski definition) is 23. The van der Waals surface area contributed by atoms with Crippen LogP contribution < -0.4 is 10.6 Å². The van der Waals surface area contributed by atoms with E-state index in [9.17, 15) is 57.5 Å². The molecule has 0 aromatic rings. The second kappa shape index (κ2) is 61.4. The Morgan fingerprint density at radius 2 is 0.893 bits per heavy atom. The van der Waals surface area contributed by atoms with Crippen LogP contribution in [-0.2, 0) is 76.3 Å². The summed E-state index contributed by atoms with van der Waals surface area (Å²) in [6.45, 7) is 55.3. The lowest BCUT2D eigenvalue weighted by Gasteiger charge is -2.51. The van der Waals surface area contributed by atoms with E-state index in [4.69, 9.17) is 48.9 Å². The number of ether oxygens (including phenoxy) is 8. The van der Waals surface area contributed by atoms with Gasteiger partial charge < -0.3 is 63.2 Å². The molecule has 1 saturated heterocycles. The topological polar surface area (TPSA) is 387 Å². The summed E-state index contributed by atoms with van der Waals surface area (Å²) in [5.74, 6) is -1.37. The largest absolute Gasteiger partial charge is 0.466 e. The number of hydrogen-bond donors (Lipinski definition) is 2. The Morgan fingerprint density at radius 3 is 1.29 bits per heavy atom. The van der Waals surface area contributed by atoms with Gasteiger partial charge in [0.25, 0.3) is 0 Å². The summed E-state index contributed by atoms with van der Waals surface area (Å²) in [4.78, 5) is 151. The fourth-order valence-electron chi connectivity index (χ4n) is 19.4. The molecule has 140 heavy (non-hydrogen) atoms. The molecule has 5 atom stereocenters. The monoisotopic (exact) mass is 1960 g/mol. The predicted molar refractivity (Wildman–Crippen MR) is 548 cm³/mol. The van der Waals surface area contributed by atoms with Crippen LogP contribution >= 0.6 is 0 Å². The van der Waals surface area contributed by atoms with Crippen molar-refractivity contribution in [2.45, 2.75) is 428 Å². The van der Waals surface area contributed by atoms with Crippen LogP contribution in [0.3, 0.4) is 0 Å². The van der Waals surface area contributed by atoms with Crippen LogP contribution in [0.1, 0.15) is 405 Å². The van der Waals surface area contributed by atoms with E-state index in [-0.39, 0.29) is 83.2 Å². The first-order valence-electron chi connectivity index (χ1n) is 51.9. The minimum Gasteiger partial charge on any atom is -0.466 e. The summed E-state index contributed by atoms with van der Waals surface area (Å²) >= 11 is 0. The Bertz CT molecular complexity index is 4280. The van der Waals surface area contributed by atoms with Gasteiger partial charge in [-0.3, -0.25) is 33.7 Å². The molecule has 7 aliphatic carbocycles. The Labute approximate surface area is 843 Å². The van der Waals surface area contributed by atoms with Gasteiger partial charge in [-0.15, -0.1) is 0 Å². The highest BCUT2D eigenvalue weighted by Gasteiger charge is 2.54. The van der Waals surface area contributed by atoms with Crippen molar-refractivity contribution in [3.63, 3.8) is 0 Å². The first-order chi connectivity index (χ1) is 65.1. The number of nitriles is 3. The predicted octanol–water partition coefficient (Wildman–Crippen LogP) is 24.0. The van der Waals surface area contributed by atoms with Gasteiger partial charge >= 0.3 is 60.1 Å². The molecule has 1 heterocycles. The lowest BCUT2D eigenvalue weighted by Crippen LogP contribution is -2.66. The molecule has 5 unspecified atom stereocenters. The number of urea groups is 2. The number of amides is 7. The molecule has 7 amide bonds. The number of nitrogens with one attached hydrogen (secondary N) is 2. The molecule has 794 valence electrons. The third kappa shape index (κ3) is 45.3. The number of imide groups is 1. The summed E-state index contributed by atoms with van der Waals surface area (Å²) in [6, 6.07) is 5.41. The smallest absolute Gasteiger partial charge is 0.410 e. The molecule has 3 saturated carbocycles. The zero-order valence-corrected chi connectivity index (χ0v) is 92.3. The number of carbonyl (C=O) groups is 12. The highest BCUT2D eigenvalue weighted by molar-refractivity contribution is 6.02. The van der Waals surface area contributed by atoms with E-state index < -0.39 is 73.9 Å². The summed E-state index contributed by atoms with van der Waals surface area (Å²) in [7, 11) is 5.23. The van der Waals surface area contributed by atoms with Crippen molar-refractivity contribution in [2.75, 3.05) is 87.0 Å². The highest BCUT2D eigenvalue weighted by atomic mass is 16.6. The van der Waals surface area contributed by atoms with Crippen molar-refractivity contribution in [2.24, 2.45) is 43.8 Å². The minimum absolute atomic E-state index is 0.0204. The zero-order valence-electron chi connectivity index (χ0n) is 92.3. The number of allylic oxidation sites excluding steroid dienone is 5. The Kier molecular flexibility index (Phi) is 56.3. The quantitative estimate of drug-likeness (QED) is 0.0253. The average molecular weight is 1970 g/mol. The minimum atomic E-state index is -1.07. The molecule has 0 aromatic carbocycles. The van der Waals surface area contributed by atoms with E-state index in [2.05, 4.69) is 81.2 Å². The number of ketones is 1. The van der Waals surface area contributed by atoms with E-state index in [1.54, 1.807) is 71.5 Å². The lowest BCUT2D eigenvalue weighted by atomic mass is 9.69. The van der Waals surface area contributed by atoms with Gasteiger partial charge in [0.1, 0.15) is 45.9 Å². The van der Waals surface area contributed by atoms with Crippen molar-refractivity contribution in [3.05, 3.63) is 57.7 Å². The van der Waals surface area contributed by atoms with E-state index >= 15 is 0 Å². The summed E-state index contributed by atoms with van der Waals surface area (Å²) in [5.41, 5.74) is -0.203. The Balaban J connectivity index is 0.000000822. The van der Waals surface area contributed by atoms with Crippen LogP contribution in [-0.4, -0.2) is 201 Å². The number of alkyl carbamates (subject to hydrolysis) is 1. The van der Waals surface area contributed by atoms with Gasteiger partial charge in [-0.2, -0.15) is 15.8 Å². The number of nitrogens with zero attached hydrogens (tertiary/aromatic N) is 7. The molecule has 4 fully saturated rings. The zero-order chi connectivity index (χ0) is 107. The highest BCUT2D eigenvalue weighted by Crippen LogP contribution is 2.46. The maximum Gasteiger partial charge on any atom is 0.410 e. The summed E-state index contributed by atoms with van der Waals surface area (Å²) in [5, 5.41) is 31.8. The van der Waals surface area contributed by atoms with Crippen LogP contribution in [0, 0.1) is 77.8 Å². The molecule has 8 rings (SSSR count). The normalized spacial score (nSPS) is 19.1. The number of Topliss-reactive ketones (excluding diaryl/α,β-unsaturated/α-hetero) is 1. The van der Waals surface area contributed by atoms with Gasteiger partial charge in [-0.1, -0.05) is 115 Å². The maximum atomic E-state index is 13.5. The van der Waals surface area contributed by atoms with Crippen molar-refractivity contribution in [1.29, 1.82) is 15.8 Å². The van der Waals surface area contributed by atoms with Crippen molar-refractivity contribution < 1.29 is 95.4 Å². The summed E-state index contributed by atoms with van der Waals surface area (Å²) in [6.07, 6.45) is 41.5. The van der Waals surface area contributed by atoms with Gasteiger partial charge in [0.2, 0.25) is 5.91 Å². The average Bonchev–Trinajstić information content (AvgIpc) is 0.736. The maximum absolute atomic E-state index is 13.5. The first kappa shape index (κ1) is 128. The van der Waals surface area contributed by atoms with Crippen LogP contribution in [0.4, 0.5) is 19.2 Å². The Morgan fingerprint density at radius 1 is 0.479 bits per heavy atom. The molecule has 0 aromatic heterocycles. The molecule has 8 aliphatic rings. The fraction of sp³-hybridized carbons (Fsp3) is 0.775. The van der Waals surface area contributed by atoms with Crippen LogP contribution in [0.25, 0.3) is 0 Å². The molecule has 0 radical (unpaired) electrons. The van der Waals surface area contributed by atoms with Crippen molar-refractivity contribution in [3.8, 4) is 18.2 Å². The standard InChI is InChI=1S/C22H40N2O3.C20H34N2O2.C18H31NO4.C17H31NO4.C12H17NO2.C11H15NO2.C6H10O.C5H7NO2/c1-9-27-18(25)22(7,17-13-11-10-12-14-17)16-24(8)19(26)23-21(5,6)15-20(2,3)4;1-18(2,3)13-19(4,5)22-16(23)20(6,14-21(7)17(22)24)15-11-9-8-10-12-15;1-7-22-15(20)18(5,14-11-9-8-10-12-14)13-19(6)16(21)23-17(2,3)4;1-6-21-14(19)17(5,13-10-8-7-9-11-13)12-18-15(20)22-16(2,3)4;1-3-15-11(14)12(2,9-13)10-7-5-4-6-8-10;1-2-14-11(13)10(8-12)9-6-4-3-5-7-9;7-6-4-2-1-3-5-6;1-2-8-5(7)3-4-6/h13H,9-12,14-16H2,1-8H3,(H,23,26);11H,8-10,12-14H2,1-7H3;11H,7-10,12-13H2,1-6H3;13H,6-12H2,1-5H3,(H,18,20);7H,3-6,8H2,1-2H3;2-7H2,1H3;1-5H2;2-3H2,1H3. The molecular formula is C111H185N9O20. The van der Waals surface area contributed by atoms with Crippen molar-refractivity contribution >= 4 is 71.8 Å². The number of esters is 6. The molecule has 1 aliphatic heterocycles. The SMILES string of the molecule is CCOC(=O)C(C#N)=C1CCCCC1.CCOC(=O)C(C)(C#N)C1=CCCCC1.CCOC(=O)C(C)(CN(C)C(=O)NC(C)(C)CC(C)(C)C)C1=CCCCC1.CCOC(=O)C(C)(CN(C)C(=O)OC(C)(C)C)C1=CCCCC1.CCOC(=O)C(C)(CNC(=O)OC(C)(C)C)C1CCCCC1.CCOC(=O)CC#N.CN1CC(C)(C2=CCCCC2)C(=O)N(C(C)(C)CC(C)(C)C)C1=O.O=C1CCCCC1. The molecule has 0 spiro atoms. The number of carbonyl (C=O) groups excluding carboxylic acids is 12. The van der Waals surface area contributed by atoms with Gasteiger partial charge in [0.15, 0.2) is 5.41 Å². The molecular weight excluding hydrogens is 1780 g/mol. The van der Waals surface area contributed by atoms with Gasteiger partial charge in [0, 0.05) is 71.2 Å². The van der Waals surface area contributed by atoms with Gasteiger partial charge in [-0.25, -0.2) is 28.8 Å². The van der Waals surface area contributed by atoms with Crippen molar-refractivity contribution in [1.82, 2.24) is 30.2 Å². The molecule has 29 heteroatoms. The molecule has 2 N–H and O–H groups in total. The van der Waals surface area contributed by atoms with E-state index in [1.807, 2.05) is 123 Å². The van der Waals surface area contributed by atoms with Gasteiger partial charge in [-0.05, 0) is 340 Å². The van der Waals surface area contributed by atoms with Crippen LogP contribution in [0.2, 0.25) is 0 Å². The second-order valence-corrected chi connectivity index (χ2v) is 44.8. The van der Waals surface area contributed by atoms with Gasteiger partial charge in [0.05, 0.1) is 62.6 Å².